The molecule has 0 amide bonds. The molecule has 0 radical (unpaired) electrons. The van der Waals surface area contributed by atoms with E-state index < -0.39 is 12.0 Å². The van der Waals surface area contributed by atoms with Crippen molar-refractivity contribution >= 4 is 5.97 Å². The van der Waals surface area contributed by atoms with E-state index in [0.29, 0.717) is 6.42 Å². The molecule has 64 valence electrons. The molecule has 0 aromatic carbocycles. The molecule has 0 spiro atoms. The quantitative estimate of drug-likeness (QED) is 0.601. The largest absolute Gasteiger partial charge is 0.480 e. The average molecular weight is 157 g/mol. The van der Waals surface area contributed by atoms with E-state index in [-0.39, 0.29) is 0 Å². The molecule has 0 bridgehead atoms. The summed E-state index contributed by atoms with van der Waals surface area (Å²) in [5.41, 5.74) is 6.47. The molecule has 3 heteroatoms. The zero-order valence-electron chi connectivity index (χ0n) is 7.00. The van der Waals surface area contributed by atoms with Crippen molar-refractivity contribution in [3.05, 3.63) is 11.6 Å². The summed E-state index contributed by atoms with van der Waals surface area (Å²) < 4.78 is 0. The lowest BCUT2D eigenvalue weighted by atomic mass is 10.1. The van der Waals surface area contributed by atoms with Crippen LogP contribution < -0.4 is 5.73 Å². The van der Waals surface area contributed by atoms with E-state index in [4.69, 9.17) is 10.8 Å². The van der Waals surface area contributed by atoms with Gasteiger partial charge in [0.2, 0.25) is 0 Å². The highest BCUT2D eigenvalue weighted by Gasteiger charge is 2.08. The van der Waals surface area contributed by atoms with Crippen molar-refractivity contribution in [3.63, 3.8) is 0 Å². The van der Waals surface area contributed by atoms with Gasteiger partial charge in [0, 0.05) is 0 Å². The van der Waals surface area contributed by atoms with Gasteiger partial charge in [-0.1, -0.05) is 11.6 Å². The number of rotatable bonds is 4. The zero-order valence-corrected chi connectivity index (χ0v) is 7.00. The van der Waals surface area contributed by atoms with Gasteiger partial charge in [0.15, 0.2) is 0 Å². The van der Waals surface area contributed by atoms with Crippen LogP contribution in [0.15, 0.2) is 11.6 Å². The topological polar surface area (TPSA) is 63.3 Å². The summed E-state index contributed by atoms with van der Waals surface area (Å²) in [6.07, 6.45) is 3.25. The summed E-state index contributed by atoms with van der Waals surface area (Å²) in [5.74, 6) is -0.924. The summed E-state index contributed by atoms with van der Waals surface area (Å²) >= 11 is 0. The lowest BCUT2D eigenvalue weighted by Crippen LogP contribution is -2.29. The fourth-order valence-electron chi connectivity index (χ4n) is 0.675. The molecule has 0 aliphatic heterocycles. The van der Waals surface area contributed by atoms with Gasteiger partial charge in [-0.3, -0.25) is 4.79 Å². The molecule has 0 heterocycles. The van der Waals surface area contributed by atoms with Crippen molar-refractivity contribution in [2.45, 2.75) is 32.7 Å². The van der Waals surface area contributed by atoms with Crippen molar-refractivity contribution < 1.29 is 9.90 Å². The van der Waals surface area contributed by atoms with Crippen LogP contribution in [0.25, 0.3) is 0 Å². The number of carboxylic acid groups (broad SMARTS) is 1. The molecule has 11 heavy (non-hydrogen) atoms. The Morgan fingerprint density at radius 3 is 2.55 bits per heavy atom. The summed E-state index contributed by atoms with van der Waals surface area (Å²) in [5, 5.41) is 8.40. The van der Waals surface area contributed by atoms with Crippen LogP contribution in [0, 0.1) is 0 Å². The fourth-order valence-corrected chi connectivity index (χ4v) is 0.675. The highest BCUT2D eigenvalue weighted by Crippen LogP contribution is 1.99. The van der Waals surface area contributed by atoms with E-state index in [1.54, 1.807) is 0 Å². The average Bonchev–Trinajstić information content (AvgIpc) is 1.86. The number of carbonyl (C=O) groups is 1. The molecule has 0 rings (SSSR count). The fraction of sp³-hybridized carbons (Fsp3) is 0.625. The van der Waals surface area contributed by atoms with Crippen LogP contribution in [-0.2, 0) is 4.79 Å². The minimum absolute atomic E-state index is 0.514. The van der Waals surface area contributed by atoms with E-state index in [1.165, 1.54) is 5.57 Å². The highest BCUT2D eigenvalue weighted by molar-refractivity contribution is 5.72. The number of hydrogen-bond acceptors (Lipinski definition) is 2. The van der Waals surface area contributed by atoms with Gasteiger partial charge in [0.1, 0.15) is 6.04 Å². The molecule has 3 nitrogen and oxygen atoms in total. The van der Waals surface area contributed by atoms with Crippen LogP contribution in [0.3, 0.4) is 0 Å². The number of aliphatic carboxylic acids is 1. The first-order chi connectivity index (χ1) is 5.04. The van der Waals surface area contributed by atoms with E-state index in [2.05, 4.69) is 0 Å². The van der Waals surface area contributed by atoms with Crippen molar-refractivity contribution in [1.82, 2.24) is 0 Å². The van der Waals surface area contributed by atoms with E-state index in [1.807, 2.05) is 19.9 Å². The third-order valence-corrected chi connectivity index (χ3v) is 1.35. The van der Waals surface area contributed by atoms with Crippen LogP contribution in [0.1, 0.15) is 26.7 Å². The van der Waals surface area contributed by atoms with Gasteiger partial charge in [0.05, 0.1) is 0 Å². The lowest BCUT2D eigenvalue weighted by molar-refractivity contribution is -0.138. The summed E-state index contributed by atoms with van der Waals surface area (Å²) in [6, 6.07) is -0.717. The molecule has 0 fully saturated rings. The molecular weight excluding hydrogens is 142 g/mol. The highest BCUT2D eigenvalue weighted by atomic mass is 16.4. The Hall–Kier alpha value is -0.830. The molecule has 0 aliphatic rings. The Kier molecular flexibility index (Phi) is 4.54. The van der Waals surface area contributed by atoms with Gasteiger partial charge in [-0.2, -0.15) is 0 Å². The first-order valence-corrected chi connectivity index (χ1v) is 3.65. The maximum absolute atomic E-state index is 10.2. The maximum atomic E-state index is 10.2. The smallest absolute Gasteiger partial charge is 0.320 e. The van der Waals surface area contributed by atoms with Crippen molar-refractivity contribution in [3.8, 4) is 0 Å². The van der Waals surface area contributed by atoms with Crippen LogP contribution >= 0.6 is 0 Å². The summed E-state index contributed by atoms with van der Waals surface area (Å²) in [6.45, 7) is 3.96. The van der Waals surface area contributed by atoms with Gasteiger partial charge in [-0.25, -0.2) is 0 Å². The number of hydrogen-bond donors (Lipinski definition) is 2. The molecular formula is C8H15NO2. The van der Waals surface area contributed by atoms with Gasteiger partial charge in [-0.05, 0) is 26.7 Å². The third-order valence-electron chi connectivity index (χ3n) is 1.35. The normalized spacial score (nSPS) is 12.3. The standard InChI is InChI=1S/C8H15NO2/c1-6(2)4-3-5-7(9)8(10)11/h4,7H,3,5,9H2,1-2H3,(H,10,11)/t7-/m0/s1. The molecule has 0 saturated heterocycles. The van der Waals surface area contributed by atoms with Crippen LogP contribution in [0.5, 0.6) is 0 Å². The Morgan fingerprint density at radius 1 is 1.64 bits per heavy atom. The second-order valence-electron chi connectivity index (χ2n) is 2.80. The van der Waals surface area contributed by atoms with Gasteiger partial charge >= 0.3 is 5.97 Å². The first kappa shape index (κ1) is 10.2. The first-order valence-electron chi connectivity index (χ1n) is 3.65. The molecule has 0 unspecified atom stereocenters. The van der Waals surface area contributed by atoms with Crippen LogP contribution in [0.2, 0.25) is 0 Å². The lowest BCUT2D eigenvalue weighted by Gasteiger charge is -2.02. The molecule has 0 aliphatic carbocycles. The molecule has 1 atom stereocenters. The Bertz CT molecular complexity index is 159. The van der Waals surface area contributed by atoms with Gasteiger partial charge in [0.25, 0.3) is 0 Å². The Labute approximate surface area is 66.9 Å². The van der Waals surface area contributed by atoms with Crippen LogP contribution in [0.4, 0.5) is 0 Å². The van der Waals surface area contributed by atoms with Crippen molar-refractivity contribution in [2.24, 2.45) is 5.73 Å². The predicted octanol–water partition coefficient (Wildman–Crippen LogP) is 1.14. The molecule has 0 aromatic heterocycles. The second kappa shape index (κ2) is 4.91. The second-order valence-corrected chi connectivity index (χ2v) is 2.80. The number of nitrogens with two attached hydrogens (primary N) is 1. The number of carboxylic acids is 1. The maximum Gasteiger partial charge on any atom is 0.320 e. The van der Waals surface area contributed by atoms with E-state index in [9.17, 15) is 4.79 Å². The summed E-state index contributed by atoms with van der Waals surface area (Å²) in [7, 11) is 0. The van der Waals surface area contributed by atoms with E-state index in [0.717, 1.165) is 6.42 Å². The predicted molar refractivity (Wildman–Crippen MR) is 44.3 cm³/mol. The minimum atomic E-state index is -0.924. The van der Waals surface area contributed by atoms with Crippen molar-refractivity contribution in [1.29, 1.82) is 0 Å². The van der Waals surface area contributed by atoms with E-state index >= 15 is 0 Å². The molecule has 3 N–H and O–H groups in total. The molecule has 0 saturated carbocycles. The monoisotopic (exact) mass is 157 g/mol. The minimum Gasteiger partial charge on any atom is -0.480 e. The third kappa shape index (κ3) is 5.61. The molecule has 0 aromatic rings. The summed E-state index contributed by atoms with van der Waals surface area (Å²) in [4.78, 5) is 10.2. The van der Waals surface area contributed by atoms with Crippen molar-refractivity contribution in [2.75, 3.05) is 0 Å². The zero-order chi connectivity index (χ0) is 8.85. The van der Waals surface area contributed by atoms with Gasteiger partial charge < -0.3 is 10.8 Å². The Morgan fingerprint density at radius 2 is 2.18 bits per heavy atom. The van der Waals surface area contributed by atoms with Crippen LogP contribution in [-0.4, -0.2) is 17.1 Å². The SMILES string of the molecule is CC(C)=CCC[C@H](N)C(=O)O. The number of allylic oxidation sites excluding steroid dienone is 2. The Balaban J connectivity index is 3.55. The van der Waals surface area contributed by atoms with Gasteiger partial charge in [-0.15, -0.1) is 0 Å².